The van der Waals surface area contributed by atoms with Crippen molar-refractivity contribution in [1.29, 1.82) is 0 Å². The number of hydrogen-bond donors (Lipinski definition) is 2. The molecular formula is C24H28N4O4. The molecule has 2 N–H and O–H groups in total. The van der Waals surface area contributed by atoms with Crippen LogP contribution in [0.4, 0.5) is 0 Å². The molecule has 1 aromatic heterocycles. The first kappa shape index (κ1) is 23.0. The lowest BCUT2D eigenvalue weighted by Gasteiger charge is -2.21. The van der Waals surface area contributed by atoms with Crippen LogP contribution >= 0.6 is 0 Å². The van der Waals surface area contributed by atoms with Crippen molar-refractivity contribution >= 4 is 22.7 Å². The molecule has 1 unspecified atom stereocenters. The van der Waals surface area contributed by atoms with Gasteiger partial charge in [0.2, 0.25) is 5.91 Å². The SMILES string of the molecule is CCC(NC(=O)CCc1nc2ccccc2c(=O)[nH]1)c1ccccc1OCC(=O)N(C)C. The Bertz CT molecular complexity index is 1160. The van der Waals surface area contributed by atoms with E-state index in [-0.39, 0.29) is 36.4 Å². The molecule has 0 aliphatic carbocycles. The number of likely N-dealkylation sites (N-methyl/N-ethyl adjacent to an activating group) is 1. The quantitative estimate of drug-likeness (QED) is 0.537. The summed E-state index contributed by atoms with van der Waals surface area (Å²) in [7, 11) is 3.34. The maximum atomic E-state index is 12.6. The molecule has 0 bridgehead atoms. The topological polar surface area (TPSA) is 104 Å². The van der Waals surface area contributed by atoms with Gasteiger partial charge in [0.05, 0.1) is 16.9 Å². The minimum Gasteiger partial charge on any atom is -0.483 e. The maximum absolute atomic E-state index is 12.6. The number of para-hydroxylation sites is 2. The molecular weight excluding hydrogens is 408 g/mol. The molecule has 1 atom stereocenters. The van der Waals surface area contributed by atoms with E-state index in [4.69, 9.17) is 4.74 Å². The van der Waals surface area contributed by atoms with Gasteiger partial charge in [-0.05, 0) is 24.6 Å². The van der Waals surface area contributed by atoms with Gasteiger partial charge in [0.25, 0.3) is 11.5 Å². The lowest BCUT2D eigenvalue weighted by Crippen LogP contribution is -2.30. The summed E-state index contributed by atoms with van der Waals surface area (Å²) in [6.45, 7) is 1.89. The van der Waals surface area contributed by atoms with Gasteiger partial charge in [0, 0.05) is 32.5 Å². The normalized spacial score (nSPS) is 11.7. The molecule has 1 heterocycles. The highest BCUT2D eigenvalue weighted by atomic mass is 16.5. The van der Waals surface area contributed by atoms with Crippen molar-refractivity contribution in [2.45, 2.75) is 32.2 Å². The van der Waals surface area contributed by atoms with E-state index in [1.54, 1.807) is 38.4 Å². The Hall–Kier alpha value is -3.68. The number of H-pyrrole nitrogens is 1. The van der Waals surface area contributed by atoms with Crippen LogP contribution in [0.3, 0.4) is 0 Å². The standard InChI is InChI=1S/C24H28N4O4/c1-4-18(16-9-6-8-12-20(16)32-15-23(30)28(2)3)26-22(29)14-13-21-25-19-11-7-5-10-17(19)24(31)27-21/h5-12,18H,4,13-15H2,1-3H3,(H,26,29)(H,25,27,31). The number of amides is 2. The van der Waals surface area contributed by atoms with Gasteiger partial charge < -0.3 is 19.9 Å². The number of carbonyl (C=O) groups is 2. The fourth-order valence-corrected chi connectivity index (χ4v) is 3.32. The van der Waals surface area contributed by atoms with Gasteiger partial charge in [-0.2, -0.15) is 0 Å². The number of rotatable bonds is 9. The second-order valence-electron chi connectivity index (χ2n) is 7.67. The zero-order valence-corrected chi connectivity index (χ0v) is 18.6. The summed E-state index contributed by atoms with van der Waals surface area (Å²) >= 11 is 0. The number of ether oxygens (including phenoxy) is 1. The van der Waals surface area contributed by atoms with Crippen LogP contribution in [0.5, 0.6) is 5.75 Å². The van der Waals surface area contributed by atoms with E-state index in [9.17, 15) is 14.4 Å². The Labute approximate surface area is 186 Å². The Balaban J connectivity index is 1.65. The lowest BCUT2D eigenvalue weighted by molar-refractivity contribution is -0.130. The summed E-state index contributed by atoms with van der Waals surface area (Å²) in [5, 5.41) is 3.55. The van der Waals surface area contributed by atoms with Crippen molar-refractivity contribution in [3.63, 3.8) is 0 Å². The Morgan fingerprint density at radius 3 is 2.59 bits per heavy atom. The van der Waals surface area contributed by atoms with Crippen LogP contribution in [0.1, 0.15) is 37.2 Å². The van der Waals surface area contributed by atoms with Gasteiger partial charge >= 0.3 is 0 Å². The number of nitrogens with one attached hydrogen (secondary N) is 2. The van der Waals surface area contributed by atoms with Crippen LogP contribution in [-0.2, 0) is 16.0 Å². The molecule has 8 nitrogen and oxygen atoms in total. The summed E-state index contributed by atoms with van der Waals surface area (Å²) in [5.41, 5.74) is 1.21. The highest BCUT2D eigenvalue weighted by molar-refractivity contribution is 5.78. The summed E-state index contributed by atoms with van der Waals surface area (Å²) in [6.07, 6.45) is 1.15. The molecule has 0 saturated carbocycles. The number of nitrogens with zero attached hydrogens (tertiary/aromatic N) is 2. The molecule has 0 spiro atoms. The van der Waals surface area contributed by atoms with Crippen LogP contribution in [0, 0.1) is 0 Å². The number of aromatic amines is 1. The minimum atomic E-state index is -0.267. The van der Waals surface area contributed by atoms with Gasteiger partial charge in [-0.1, -0.05) is 37.3 Å². The number of aryl methyl sites for hydroxylation is 1. The first-order valence-corrected chi connectivity index (χ1v) is 10.6. The van der Waals surface area contributed by atoms with Gasteiger partial charge in [-0.3, -0.25) is 14.4 Å². The second kappa shape index (κ2) is 10.6. The smallest absolute Gasteiger partial charge is 0.259 e. The van der Waals surface area contributed by atoms with E-state index in [0.29, 0.717) is 35.3 Å². The number of benzene rings is 2. The molecule has 0 aliphatic heterocycles. The van der Waals surface area contributed by atoms with E-state index >= 15 is 0 Å². The van der Waals surface area contributed by atoms with Crippen molar-refractivity contribution in [2.24, 2.45) is 0 Å². The third kappa shape index (κ3) is 5.72. The van der Waals surface area contributed by atoms with E-state index in [0.717, 1.165) is 5.56 Å². The average molecular weight is 437 g/mol. The predicted octanol–water partition coefficient (Wildman–Crippen LogP) is 2.59. The number of carbonyl (C=O) groups excluding carboxylic acids is 2. The van der Waals surface area contributed by atoms with Crippen molar-refractivity contribution in [2.75, 3.05) is 20.7 Å². The summed E-state index contributed by atoms with van der Waals surface area (Å²) < 4.78 is 5.72. The molecule has 0 saturated heterocycles. The fourth-order valence-electron chi connectivity index (χ4n) is 3.32. The van der Waals surface area contributed by atoms with Crippen molar-refractivity contribution in [3.05, 3.63) is 70.3 Å². The highest BCUT2D eigenvalue weighted by Crippen LogP contribution is 2.27. The number of hydrogen-bond acceptors (Lipinski definition) is 5. The molecule has 0 aliphatic rings. The van der Waals surface area contributed by atoms with Gasteiger partial charge in [0.1, 0.15) is 11.6 Å². The number of aromatic nitrogens is 2. The van der Waals surface area contributed by atoms with Crippen LogP contribution in [0.15, 0.2) is 53.3 Å². The third-order valence-corrected chi connectivity index (χ3v) is 5.14. The van der Waals surface area contributed by atoms with Crippen LogP contribution < -0.4 is 15.6 Å². The van der Waals surface area contributed by atoms with Crippen LogP contribution in [-0.4, -0.2) is 47.4 Å². The van der Waals surface area contributed by atoms with Crippen molar-refractivity contribution < 1.29 is 14.3 Å². The monoisotopic (exact) mass is 436 g/mol. The van der Waals surface area contributed by atoms with E-state index < -0.39 is 0 Å². The highest BCUT2D eigenvalue weighted by Gasteiger charge is 2.18. The zero-order valence-electron chi connectivity index (χ0n) is 18.6. The fraction of sp³-hybridized carbons (Fsp3) is 0.333. The zero-order chi connectivity index (χ0) is 23.1. The van der Waals surface area contributed by atoms with Gasteiger partial charge in [-0.25, -0.2) is 4.98 Å². The molecule has 32 heavy (non-hydrogen) atoms. The Morgan fingerprint density at radius 1 is 1.12 bits per heavy atom. The summed E-state index contributed by atoms with van der Waals surface area (Å²) in [6, 6.07) is 14.2. The Morgan fingerprint density at radius 2 is 1.84 bits per heavy atom. The van der Waals surface area contributed by atoms with E-state index in [2.05, 4.69) is 15.3 Å². The molecule has 0 fully saturated rings. The lowest BCUT2D eigenvalue weighted by atomic mass is 10.0. The molecule has 2 aromatic carbocycles. The van der Waals surface area contributed by atoms with Crippen molar-refractivity contribution in [1.82, 2.24) is 20.2 Å². The third-order valence-electron chi connectivity index (χ3n) is 5.14. The first-order chi connectivity index (χ1) is 15.4. The average Bonchev–Trinajstić information content (AvgIpc) is 2.80. The largest absolute Gasteiger partial charge is 0.483 e. The Kier molecular flexibility index (Phi) is 7.59. The van der Waals surface area contributed by atoms with Crippen LogP contribution in [0.2, 0.25) is 0 Å². The predicted molar refractivity (Wildman–Crippen MR) is 122 cm³/mol. The maximum Gasteiger partial charge on any atom is 0.259 e. The molecule has 0 radical (unpaired) electrons. The van der Waals surface area contributed by atoms with Gasteiger partial charge in [0.15, 0.2) is 6.61 Å². The molecule has 3 rings (SSSR count). The molecule has 8 heteroatoms. The first-order valence-electron chi connectivity index (χ1n) is 10.6. The van der Waals surface area contributed by atoms with Crippen LogP contribution in [0.25, 0.3) is 10.9 Å². The number of fused-ring (bicyclic) bond motifs is 1. The van der Waals surface area contributed by atoms with Gasteiger partial charge in [-0.15, -0.1) is 0 Å². The molecule has 168 valence electrons. The second-order valence-corrected chi connectivity index (χ2v) is 7.67. The summed E-state index contributed by atoms with van der Waals surface area (Å²) in [5.74, 6) is 0.735. The molecule has 2 amide bonds. The summed E-state index contributed by atoms with van der Waals surface area (Å²) in [4.78, 5) is 45.4. The minimum absolute atomic E-state index is 0.0740. The van der Waals surface area contributed by atoms with E-state index in [1.807, 2.05) is 31.2 Å². The van der Waals surface area contributed by atoms with Crippen molar-refractivity contribution in [3.8, 4) is 5.75 Å². The van der Waals surface area contributed by atoms with E-state index in [1.165, 1.54) is 4.90 Å². The molecule has 3 aromatic rings.